The third-order valence-electron chi connectivity index (χ3n) is 5.49. The normalized spacial score (nSPS) is 15.3. The zero-order valence-corrected chi connectivity index (χ0v) is 18.4. The highest BCUT2D eigenvalue weighted by atomic mass is 32.2. The fraction of sp³-hybridized carbons (Fsp3) is 0.261. The van der Waals surface area contributed by atoms with Crippen molar-refractivity contribution in [1.29, 1.82) is 0 Å². The van der Waals surface area contributed by atoms with Gasteiger partial charge >= 0.3 is 0 Å². The zero-order chi connectivity index (χ0) is 22.0. The lowest BCUT2D eigenvalue weighted by Crippen LogP contribution is -2.36. The van der Waals surface area contributed by atoms with E-state index in [0.717, 1.165) is 22.8 Å². The maximum absolute atomic E-state index is 12.5. The molecule has 0 unspecified atom stereocenters. The average Bonchev–Trinajstić information content (AvgIpc) is 3.18. The average molecular weight is 439 g/mol. The number of hydrogen-bond donors (Lipinski definition) is 2. The molecule has 0 fully saturated rings. The number of amides is 1. The number of aromatic amines is 1. The Bertz CT molecular complexity index is 1240. The van der Waals surface area contributed by atoms with Crippen molar-refractivity contribution in [1.82, 2.24) is 14.2 Å². The molecule has 0 spiro atoms. The van der Waals surface area contributed by atoms with Crippen LogP contribution in [0.5, 0.6) is 0 Å². The predicted octanol–water partition coefficient (Wildman–Crippen LogP) is 3.15. The van der Waals surface area contributed by atoms with Gasteiger partial charge in [-0.25, -0.2) is 12.7 Å². The molecule has 0 saturated heterocycles. The van der Waals surface area contributed by atoms with Gasteiger partial charge in [0.2, 0.25) is 15.9 Å². The number of sulfonamides is 1. The second kappa shape index (κ2) is 8.66. The van der Waals surface area contributed by atoms with Gasteiger partial charge in [0.15, 0.2) is 0 Å². The first-order valence-electron chi connectivity index (χ1n) is 10.1. The number of aromatic nitrogens is 1. The second-order valence-corrected chi connectivity index (χ2v) is 9.98. The number of carbonyl (C=O) groups excluding carboxylic acids is 1. The number of rotatable bonds is 6. The molecule has 4 rings (SSSR count). The zero-order valence-electron chi connectivity index (χ0n) is 17.6. The highest BCUT2D eigenvalue weighted by Gasteiger charge is 2.19. The minimum Gasteiger partial charge on any atom is -0.361 e. The van der Waals surface area contributed by atoms with Crippen LogP contribution in [0, 0.1) is 0 Å². The molecular formula is C23H26N4O3S. The standard InChI is InChI=1S/C23H26N4O3S/c1-26(2)31(29,30)19-7-5-6-18(14-19)25-23(28)16-27-12-10-17(11-13-27)21-15-24-22-9-4-3-8-20(21)22/h3-10,14-15,24H,11-13,16H2,1-2H3,(H,25,28). The van der Waals surface area contributed by atoms with Crippen LogP contribution < -0.4 is 5.32 Å². The van der Waals surface area contributed by atoms with Gasteiger partial charge in [0.25, 0.3) is 0 Å². The SMILES string of the molecule is CN(C)S(=O)(=O)c1cccc(NC(=O)CN2CC=C(c3c[nH]c4ccccc34)CC2)c1. The number of carbonyl (C=O) groups is 1. The van der Waals surface area contributed by atoms with Crippen LogP contribution in [0.1, 0.15) is 12.0 Å². The van der Waals surface area contributed by atoms with E-state index < -0.39 is 10.0 Å². The largest absolute Gasteiger partial charge is 0.361 e. The summed E-state index contributed by atoms with van der Waals surface area (Å²) in [6, 6.07) is 14.6. The molecule has 1 aliphatic heterocycles. The summed E-state index contributed by atoms with van der Waals surface area (Å²) in [4.78, 5) is 18.1. The fourth-order valence-electron chi connectivity index (χ4n) is 3.79. The maximum atomic E-state index is 12.5. The Morgan fingerprint density at radius 2 is 1.97 bits per heavy atom. The number of nitrogens with zero attached hydrogens (tertiary/aromatic N) is 2. The van der Waals surface area contributed by atoms with Gasteiger partial charge in [-0.05, 0) is 36.3 Å². The number of para-hydroxylation sites is 1. The van der Waals surface area contributed by atoms with Crippen molar-refractivity contribution >= 4 is 38.1 Å². The van der Waals surface area contributed by atoms with Crippen LogP contribution in [0.15, 0.2) is 65.7 Å². The first kappa shape index (κ1) is 21.3. The second-order valence-electron chi connectivity index (χ2n) is 7.83. The van der Waals surface area contributed by atoms with Crippen molar-refractivity contribution in [3.05, 3.63) is 66.4 Å². The summed E-state index contributed by atoms with van der Waals surface area (Å²) in [5.41, 5.74) is 4.10. The molecule has 2 aromatic carbocycles. The monoisotopic (exact) mass is 438 g/mol. The number of hydrogen-bond acceptors (Lipinski definition) is 4. The van der Waals surface area contributed by atoms with Crippen LogP contribution >= 0.6 is 0 Å². The van der Waals surface area contributed by atoms with Crippen molar-refractivity contribution in [2.75, 3.05) is 39.0 Å². The van der Waals surface area contributed by atoms with E-state index in [2.05, 4.69) is 33.4 Å². The van der Waals surface area contributed by atoms with Gasteiger partial charge in [-0.15, -0.1) is 0 Å². The van der Waals surface area contributed by atoms with E-state index in [4.69, 9.17) is 0 Å². The van der Waals surface area contributed by atoms with E-state index in [0.29, 0.717) is 12.2 Å². The van der Waals surface area contributed by atoms with Gasteiger partial charge in [-0.1, -0.05) is 30.3 Å². The van der Waals surface area contributed by atoms with Crippen LogP contribution in [0.25, 0.3) is 16.5 Å². The third-order valence-corrected chi connectivity index (χ3v) is 7.30. The quantitative estimate of drug-likeness (QED) is 0.619. The predicted molar refractivity (Wildman–Crippen MR) is 123 cm³/mol. The lowest BCUT2D eigenvalue weighted by Gasteiger charge is -2.25. The molecular weight excluding hydrogens is 412 g/mol. The number of anilines is 1. The highest BCUT2D eigenvalue weighted by molar-refractivity contribution is 7.89. The molecule has 2 heterocycles. The van der Waals surface area contributed by atoms with E-state index in [-0.39, 0.29) is 17.3 Å². The molecule has 7 nitrogen and oxygen atoms in total. The molecule has 0 radical (unpaired) electrons. The molecule has 162 valence electrons. The van der Waals surface area contributed by atoms with Crippen molar-refractivity contribution in [3.63, 3.8) is 0 Å². The van der Waals surface area contributed by atoms with Crippen LogP contribution in [-0.2, 0) is 14.8 Å². The molecule has 3 aromatic rings. The first-order chi connectivity index (χ1) is 14.8. The Kier molecular flexibility index (Phi) is 5.95. The number of fused-ring (bicyclic) bond motifs is 1. The summed E-state index contributed by atoms with van der Waals surface area (Å²) in [5.74, 6) is -0.164. The molecule has 31 heavy (non-hydrogen) atoms. The summed E-state index contributed by atoms with van der Waals surface area (Å²) in [6.07, 6.45) is 5.09. The summed E-state index contributed by atoms with van der Waals surface area (Å²) < 4.78 is 25.7. The summed E-state index contributed by atoms with van der Waals surface area (Å²) in [7, 11) is -0.582. The molecule has 0 bridgehead atoms. The molecule has 1 aliphatic rings. The summed E-state index contributed by atoms with van der Waals surface area (Å²) in [5, 5.41) is 4.03. The van der Waals surface area contributed by atoms with Crippen LogP contribution in [0.2, 0.25) is 0 Å². The van der Waals surface area contributed by atoms with E-state index in [1.807, 2.05) is 18.3 Å². The van der Waals surface area contributed by atoms with Gasteiger partial charge in [0.1, 0.15) is 0 Å². The van der Waals surface area contributed by atoms with Gasteiger partial charge in [-0.2, -0.15) is 0 Å². The first-order valence-corrected chi connectivity index (χ1v) is 11.6. The van der Waals surface area contributed by atoms with Crippen molar-refractivity contribution in [3.8, 4) is 0 Å². The Labute approximate surface area is 182 Å². The Morgan fingerprint density at radius 3 is 2.71 bits per heavy atom. The summed E-state index contributed by atoms with van der Waals surface area (Å²) in [6.45, 7) is 1.73. The van der Waals surface area contributed by atoms with E-state index >= 15 is 0 Å². The number of nitrogens with one attached hydrogen (secondary N) is 2. The van der Waals surface area contributed by atoms with Crippen LogP contribution in [0.4, 0.5) is 5.69 Å². The lowest BCUT2D eigenvalue weighted by atomic mass is 9.99. The summed E-state index contributed by atoms with van der Waals surface area (Å²) >= 11 is 0. The van der Waals surface area contributed by atoms with Crippen molar-refractivity contribution in [2.24, 2.45) is 0 Å². The third kappa shape index (κ3) is 4.56. The van der Waals surface area contributed by atoms with Gasteiger partial charge in [-0.3, -0.25) is 9.69 Å². The van der Waals surface area contributed by atoms with Gasteiger partial charge in [0, 0.05) is 55.5 Å². The van der Waals surface area contributed by atoms with Crippen LogP contribution in [0.3, 0.4) is 0 Å². The topological polar surface area (TPSA) is 85.5 Å². The Balaban J connectivity index is 1.39. The lowest BCUT2D eigenvalue weighted by molar-refractivity contribution is -0.117. The maximum Gasteiger partial charge on any atom is 0.242 e. The Hall–Kier alpha value is -2.94. The minimum absolute atomic E-state index is 0.152. The fourth-order valence-corrected chi connectivity index (χ4v) is 4.73. The molecule has 2 N–H and O–H groups in total. The molecule has 0 atom stereocenters. The number of benzene rings is 2. The Morgan fingerprint density at radius 1 is 1.16 bits per heavy atom. The number of H-pyrrole nitrogens is 1. The minimum atomic E-state index is -3.54. The molecule has 0 aliphatic carbocycles. The van der Waals surface area contributed by atoms with Crippen molar-refractivity contribution < 1.29 is 13.2 Å². The molecule has 8 heteroatoms. The van der Waals surface area contributed by atoms with E-state index in [1.165, 1.54) is 42.8 Å². The highest BCUT2D eigenvalue weighted by Crippen LogP contribution is 2.29. The van der Waals surface area contributed by atoms with Crippen LogP contribution in [-0.4, -0.2) is 62.2 Å². The van der Waals surface area contributed by atoms with Gasteiger partial charge < -0.3 is 10.3 Å². The van der Waals surface area contributed by atoms with E-state index in [9.17, 15) is 13.2 Å². The van der Waals surface area contributed by atoms with Crippen molar-refractivity contribution in [2.45, 2.75) is 11.3 Å². The molecule has 1 amide bonds. The smallest absolute Gasteiger partial charge is 0.242 e. The van der Waals surface area contributed by atoms with Gasteiger partial charge in [0.05, 0.1) is 11.4 Å². The molecule has 1 aromatic heterocycles. The molecule has 0 saturated carbocycles. The van der Waals surface area contributed by atoms with E-state index in [1.54, 1.807) is 12.1 Å².